The van der Waals surface area contributed by atoms with Crippen molar-refractivity contribution < 1.29 is 0 Å². The monoisotopic (exact) mass is 304 g/mol. The molecule has 0 N–H and O–H groups in total. The molecule has 0 heterocycles. The summed E-state index contributed by atoms with van der Waals surface area (Å²) >= 11 is 0. The molecule has 0 aliphatic heterocycles. The fraction of sp³-hybridized carbons (Fsp3) is 0. The highest BCUT2D eigenvalue weighted by Gasteiger charge is 2.24. The summed E-state index contributed by atoms with van der Waals surface area (Å²) in [6.45, 7) is 0. The van der Waals surface area contributed by atoms with Gasteiger partial charge in [-0.2, -0.15) is 0 Å². The molecule has 0 fully saturated rings. The molecule has 0 atom stereocenters. The summed E-state index contributed by atoms with van der Waals surface area (Å²) in [5.74, 6) is 0. The van der Waals surface area contributed by atoms with Gasteiger partial charge in [0.05, 0.1) is 0 Å². The molecule has 0 saturated heterocycles. The maximum Gasteiger partial charge on any atom is -0.00923 e. The quantitative estimate of drug-likeness (QED) is 0.342. The number of fused-ring (bicyclic) bond motifs is 4. The highest BCUT2D eigenvalue weighted by atomic mass is 14.3. The van der Waals surface area contributed by atoms with Crippen LogP contribution in [0.2, 0.25) is 0 Å². The number of hydrogen-bond acceptors (Lipinski definition) is 0. The number of benzene rings is 4. The van der Waals surface area contributed by atoms with E-state index in [0.29, 0.717) is 0 Å². The van der Waals surface area contributed by atoms with Gasteiger partial charge in [-0.05, 0) is 56.6 Å². The third-order valence-electron chi connectivity index (χ3n) is 4.83. The lowest BCUT2D eigenvalue weighted by atomic mass is 9.77. The Morgan fingerprint density at radius 3 is 1.08 bits per heavy atom. The summed E-state index contributed by atoms with van der Waals surface area (Å²) in [6, 6.07) is 34.7. The van der Waals surface area contributed by atoms with Crippen LogP contribution in [0.3, 0.4) is 0 Å². The second-order valence-electron chi connectivity index (χ2n) is 6.22. The molecule has 5 rings (SSSR count). The Morgan fingerprint density at radius 2 is 0.667 bits per heavy atom. The van der Waals surface area contributed by atoms with Crippen LogP contribution in [0.1, 0.15) is 0 Å². The van der Waals surface area contributed by atoms with Crippen molar-refractivity contribution in [1.29, 1.82) is 0 Å². The number of rotatable bonds is 2. The molecule has 0 spiro atoms. The van der Waals surface area contributed by atoms with Crippen LogP contribution in [0, 0.1) is 0 Å². The van der Waals surface area contributed by atoms with E-state index in [0.717, 1.165) is 0 Å². The third kappa shape index (κ3) is 1.93. The minimum atomic E-state index is 1.27. The van der Waals surface area contributed by atoms with E-state index in [2.05, 4.69) is 97.1 Å². The summed E-state index contributed by atoms with van der Waals surface area (Å²) in [5.41, 5.74) is 10.6. The van der Waals surface area contributed by atoms with Crippen LogP contribution in [0.5, 0.6) is 0 Å². The Labute approximate surface area is 142 Å². The van der Waals surface area contributed by atoms with E-state index in [1.165, 1.54) is 44.5 Å². The van der Waals surface area contributed by atoms with Gasteiger partial charge in [0, 0.05) is 0 Å². The fourth-order valence-corrected chi connectivity index (χ4v) is 3.65. The van der Waals surface area contributed by atoms with Crippen LogP contribution in [-0.4, -0.2) is 0 Å². The molecular weight excluding hydrogens is 288 g/mol. The topological polar surface area (TPSA) is 0 Å². The highest BCUT2D eigenvalue weighted by Crippen LogP contribution is 2.51. The molecule has 4 aromatic rings. The standard InChI is InChI=1S/C24H16/c1-3-9-17(10-4-1)21-15-23-19-13-7-8-14-20(19)24(23)16-22(21)18-11-5-2-6-12-18/h1-16H. The molecule has 0 saturated carbocycles. The molecule has 0 amide bonds. The minimum absolute atomic E-state index is 1.27. The van der Waals surface area contributed by atoms with Crippen LogP contribution < -0.4 is 0 Å². The zero-order valence-electron chi connectivity index (χ0n) is 13.2. The normalized spacial score (nSPS) is 11.3. The molecule has 4 aromatic carbocycles. The van der Waals surface area contributed by atoms with E-state index in [9.17, 15) is 0 Å². The lowest BCUT2D eigenvalue weighted by molar-refractivity contribution is 1.50. The maximum absolute atomic E-state index is 2.36. The van der Waals surface area contributed by atoms with Crippen molar-refractivity contribution >= 4 is 0 Å². The van der Waals surface area contributed by atoms with Gasteiger partial charge in [-0.25, -0.2) is 0 Å². The van der Waals surface area contributed by atoms with Gasteiger partial charge in [-0.3, -0.25) is 0 Å². The van der Waals surface area contributed by atoms with Gasteiger partial charge in [-0.15, -0.1) is 0 Å². The summed E-state index contributed by atoms with van der Waals surface area (Å²) in [5, 5.41) is 0. The predicted octanol–water partition coefficient (Wildman–Crippen LogP) is 6.67. The van der Waals surface area contributed by atoms with Crippen molar-refractivity contribution in [3.05, 3.63) is 97.1 Å². The van der Waals surface area contributed by atoms with Gasteiger partial charge >= 0.3 is 0 Å². The zero-order chi connectivity index (χ0) is 15.9. The molecule has 0 bridgehead atoms. The molecule has 1 aliphatic rings. The van der Waals surface area contributed by atoms with E-state index in [-0.39, 0.29) is 0 Å². The van der Waals surface area contributed by atoms with Gasteiger partial charge in [0.1, 0.15) is 0 Å². The Balaban J connectivity index is 1.79. The van der Waals surface area contributed by atoms with Crippen LogP contribution in [0.4, 0.5) is 0 Å². The van der Waals surface area contributed by atoms with Gasteiger partial charge in [0.25, 0.3) is 0 Å². The SMILES string of the molecule is c1ccc(-c2cc3c(cc2-c2ccccc2)-c2ccccc2-3)cc1. The van der Waals surface area contributed by atoms with Gasteiger partial charge in [0.2, 0.25) is 0 Å². The summed E-state index contributed by atoms with van der Waals surface area (Å²) < 4.78 is 0. The van der Waals surface area contributed by atoms with E-state index in [1.54, 1.807) is 0 Å². The van der Waals surface area contributed by atoms with Crippen molar-refractivity contribution in [3.8, 4) is 44.5 Å². The maximum atomic E-state index is 2.36. The first kappa shape index (κ1) is 13.3. The van der Waals surface area contributed by atoms with Gasteiger partial charge in [-0.1, -0.05) is 84.9 Å². The Bertz CT molecular complexity index is 943. The van der Waals surface area contributed by atoms with Crippen LogP contribution in [0.15, 0.2) is 97.1 Å². The van der Waals surface area contributed by atoms with Crippen LogP contribution in [0.25, 0.3) is 44.5 Å². The van der Waals surface area contributed by atoms with Crippen molar-refractivity contribution in [2.75, 3.05) is 0 Å². The lowest BCUT2D eigenvalue weighted by Gasteiger charge is -2.26. The van der Waals surface area contributed by atoms with Crippen molar-refractivity contribution in [3.63, 3.8) is 0 Å². The summed E-state index contributed by atoms with van der Waals surface area (Å²) in [7, 11) is 0. The second kappa shape index (κ2) is 5.21. The number of hydrogen-bond donors (Lipinski definition) is 0. The summed E-state index contributed by atoms with van der Waals surface area (Å²) in [6.07, 6.45) is 0. The molecule has 0 radical (unpaired) electrons. The first-order valence-electron chi connectivity index (χ1n) is 8.30. The Morgan fingerprint density at radius 1 is 0.292 bits per heavy atom. The Kier molecular flexibility index (Phi) is 2.89. The first-order valence-corrected chi connectivity index (χ1v) is 8.30. The molecule has 0 aromatic heterocycles. The third-order valence-corrected chi connectivity index (χ3v) is 4.83. The first-order chi connectivity index (χ1) is 11.9. The smallest absolute Gasteiger partial charge is 0.00923 e. The van der Waals surface area contributed by atoms with Gasteiger partial charge < -0.3 is 0 Å². The lowest BCUT2D eigenvalue weighted by Crippen LogP contribution is -2.00. The molecular formula is C24H16. The van der Waals surface area contributed by atoms with E-state index in [1.807, 2.05) is 0 Å². The summed E-state index contributed by atoms with van der Waals surface area (Å²) in [4.78, 5) is 0. The molecule has 0 nitrogen and oxygen atoms in total. The van der Waals surface area contributed by atoms with Crippen molar-refractivity contribution in [2.24, 2.45) is 0 Å². The zero-order valence-corrected chi connectivity index (χ0v) is 13.2. The van der Waals surface area contributed by atoms with Crippen LogP contribution in [-0.2, 0) is 0 Å². The molecule has 24 heavy (non-hydrogen) atoms. The highest BCUT2D eigenvalue weighted by molar-refractivity contribution is 6.06. The second-order valence-corrected chi connectivity index (χ2v) is 6.22. The molecule has 1 aliphatic carbocycles. The molecule has 0 heteroatoms. The van der Waals surface area contributed by atoms with E-state index in [4.69, 9.17) is 0 Å². The predicted molar refractivity (Wildman–Crippen MR) is 102 cm³/mol. The van der Waals surface area contributed by atoms with Gasteiger partial charge in [0.15, 0.2) is 0 Å². The largest absolute Gasteiger partial charge is 0.0622 e. The molecule has 112 valence electrons. The molecule has 0 unspecified atom stereocenters. The Hall–Kier alpha value is -3.12. The fourth-order valence-electron chi connectivity index (χ4n) is 3.65. The van der Waals surface area contributed by atoms with Crippen molar-refractivity contribution in [1.82, 2.24) is 0 Å². The average Bonchev–Trinajstić information content (AvgIpc) is 2.67. The van der Waals surface area contributed by atoms with E-state index < -0.39 is 0 Å². The van der Waals surface area contributed by atoms with E-state index >= 15 is 0 Å². The average molecular weight is 304 g/mol. The van der Waals surface area contributed by atoms with Crippen molar-refractivity contribution in [2.45, 2.75) is 0 Å². The van der Waals surface area contributed by atoms with Crippen LogP contribution >= 0.6 is 0 Å². The minimum Gasteiger partial charge on any atom is -0.0622 e.